The molecular formula is C20H32ClN3O3S. The lowest BCUT2D eigenvalue weighted by molar-refractivity contribution is -0.121. The van der Waals surface area contributed by atoms with Crippen LogP contribution in [0.5, 0.6) is 0 Å². The van der Waals surface area contributed by atoms with Crippen LogP contribution in [-0.2, 0) is 21.2 Å². The van der Waals surface area contributed by atoms with Crippen molar-refractivity contribution in [2.75, 3.05) is 26.2 Å². The van der Waals surface area contributed by atoms with Gasteiger partial charge < -0.3 is 10.6 Å². The molecule has 8 heteroatoms. The van der Waals surface area contributed by atoms with Gasteiger partial charge in [-0.25, -0.2) is 8.42 Å². The fourth-order valence-corrected chi connectivity index (χ4v) is 5.31. The monoisotopic (exact) mass is 429 g/mol. The number of aryl methyl sites for hydroxylation is 1. The van der Waals surface area contributed by atoms with Crippen molar-refractivity contribution in [1.82, 2.24) is 14.9 Å². The highest BCUT2D eigenvalue weighted by atomic mass is 35.5. The van der Waals surface area contributed by atoms with E-state index in [4.69, 9.17) is 0 Å². The summed E-state index contributed by atoms with van der Waals surface area (Å²) in [7, 11) is -3.41. The van der Waals surface area contributed by atoms with Gasteiger partial charge in [0.15, 0.2) is 0 Å². The first-order valence-corrected chi connectivity index (χ1v) is 11.6. The minimum Gasteiger partial charge on any atom is -0.352 e. The van der Waals surface area contributed by atoms with Crippen molar-refractivity contribution in [3.05, 3.63) is 29.8 Å². The zero-order chi connectivity index (χ0) is 19.1. The van der Waals surface area contributed by atoms with Crippen molar-refractivity contribution in [3.8, 4) is 0 Å². The summed E-state index contributed by atoms with van der Waals surface area (Å²) in [6.07, 6.45) is 7.24. The van der Waals surface area contributed by atoms with Gasteiger partial charge in [0, 0.05) is 32.1 Å². The number of halogens is 1. The van der Waals surface area contributed by atoms with Crippen LogP contribution < -0.4 is 10.6 Å². The number of amides is 1. The van der Waals surface area contributed by atoms with Crippen molar-refractivity contribution in [3.63, 3.8) is 0 Å². The van der Waals surface area contributed by atoms with E-state index in [9.17, 15) is 13.2 Å². The molecule has 1 aromatic carbocycles. The molecule has 1 amide bonds. The number of rotatable bonds is 6. The normalized spacial score (nSPS) is 21.4. The second-order valence-corrected chi connectivity index (χ2v) is 9.51. The first-order valence-electron chi connectivity index (χ1n) is 10.1. The van der Waals surface area contributed by atoms with Gasteiger partial charge in [0.2, 0.25) is 15.9 Å². The molecule has 1 atom stereocenters. The lowest BCUT2D eigenvalue weighted by Crippen LogP contribution is -2.45. The zero-order valence-electron chi connectivity index (χ0n) is 16.4. The Morgan fingerprint density at radius 1 is 1.07 bits per heavy atom. The van der Waals surface area contributed by atoms with Crippen LogP contribution in [0.15, 0.2) is 29.2 Å². The average molecular weight is 430 g/mol. The molecule has 2 aliphatic rings. The molecule has 0 bridgehead atoms. The molecule has 2 heterocycles. The van der Waals surface area contributed by atoms with Gasteiger partial charge in [-0.05, 0) is 56.3 Å². The van der Waals surface area contributed by atoms with Crippen LogP contribution >= 0.6 is 12.4 Å². The van der Waals surface area contributed by atoms with Crippen LogP contribution in [-0.4, -0.2) is 50.9 Å². The molecule has 0 saturated carbocycles. The maximum atomic E-state index is 12.8. The summed E-state index contributed by atoms with van der Waals surface area (Å²) < 4.78 is 27.2. The Kier molecular flexibility index (Phi) is 9.21. The Bertz CT molecular complexity index is 711. The number of nitrogens with one attached hydrogen (secondary N) is 2. The van der Waals surface area contributed by atoms with Crippen molar-refractivity contribution in [2.24, 2.45) is 0 Å². The summed E-state index contributed by atoms with van der Waals surface area (Å²) in [6, 6.07) is 7.25. The van der Waals surface area contributed by atoms with Gasteiger partial charge in [-0.2, -0.15) is 4.31 Å². The topological polar surface area (TPSA) is 78.5 Å². The van der Waals surface area contributed by atoms with E-state index < -0.39 is 10.0 Å². The van der Waals surface area contributed by atoms with Crippen molar-refractivity contribution >= 4 is 28.3 Å². The summed E-state index contributed by atoms with van der Waals surface area (Å²) in [6.45, 7) is 3.09. The third-order valence-electron chi connectivity index (χ3n) is 5.43. The van der Waals surface area contributed by atoms with E-state index in [0.717, 1.165) is 57.2 Å². The number of piperidine rings is 1. The minimum absolute atomic E-state index is 0. The lowest BCUT2D eigenvalue weighted by atomic mass is 10.1. The molecule has 0 spiro atoms. The summed E-state index contributed by atoms with van der Waals surface area (Å²) in [5.74, 6) is 0.0602. The third-order valence-corrected chi connectivity index (χ3v) is 7.34. The molecular weight excluding hydrogens is 398 g/mol. The third kappa shape index (κ3) is 6.44. The van der Waals surface area contributed by atoms with E-state index in [1.54, 1.807) is 16.4 Å². The Hall–Kier alpha value is -1.15. The zero-order valence-corrected chi connectivity index (χ0v) is 18.0. The Morgan fingerprint density at radius 2 is 1.75 bits per heavy atom. The number of hydrogen-bond acceptors (Lipinski definition) is 4. The van der Waals surface area contributed by atoms with Gasteiger partial charge in [0.1, 0.15) is 0 Å². The van der Waals surface area contributed by atoms with Gasteiger partial charge in [-0.1, -0.05) is 25.0 Å². The van der Waals surface area contributed by atoms with Crippen LogP contribution in [0.2, 0.25) is 0 Å². The molecule has 0 aromatic heterocycles. The summed E-state index contributed by atoms with van der Waals surface area (Å²) >= 11 is 0. The molecule has 6 nitrogen and oxygen atoms in total. The Morgan fingerprint density at radius 3 is 2.36 bits per heavy atom. The second kappa shape index (κ2) is 11.1. The van der Waals surface area contributed by atoms with E-state index >= 15 is 0 Å². The van der Waals surface area contributed by atoms with Crippen LogP contribution in [0, 0.1) is 0 Å². The van der Waals surface area contributed by atoms with E-state index in [0.29, 0.717) is 30.8 Å². The molecule has 2 fully saturated rings. The fraction of sp³-hybridized carbons (Fsp3) is 0.650. The highest BCUT2D eigenvalue weighted by molar-refractivity contribution is 7.89. The maximum absolute atomic E-state index is 12.8. The second-order valence-electron chi connectivity index (χ2n) is 7.57. The lowest BCUT2D eigenvalue weighted by Gasteiger charge is -2.23. The number of hydrogen-bond donors (Lipinski definition) is 2. The molecule has 2 saturated heterocycles. The van der Waals surface area contributed by atoms with E-state index in [1.807, 2.05) is 12.1 Å². The smallest absolute Gasteiger partial charge is 0.243 e. The number of carbonyl (C=O) groups is 1. The minimum atomic E-state index is -3.41. The molecule has 3 rings (SSSR count). The highest BCUT2D eigenvalue weighted by Gasteiger charge is 2.25. The molecule has 2 aliphatic heterocycles. The average Bonchev–Trinajstić information content (AvgIpc) is 2.98. The van der Waals surface area contributed by atoms with Crippen molar-refractivity contribution < 1.29 is 13.2 Å². The summed E-state index contributed by atoms with van der Waals surface area (Å²) in [5, 5.41) is 6.36. The maximum Gasteiger partial charge on any atom is 0.243 e. The van der Waals surface area contributed by atoms with Gasteiger partial charge in [0.25, 0.3) is 0 Å². The van der Waals surface area contributed by atoms with E-state index in [2.05, 4.69) is 10.6 Å². The van der Waals surface area contributed by atoms with Gasteiger partial charge in [-0.3, -0.25) is 4.79 Å². The fourth-order valence-electron chi connectivity index (χ4n) is 3.79. The van der Waals surface area contributed by atoms with Gasteiger partial charge in [0.05, 0.1) is 4.90 Å². The number of benzene rings is 1. The first kappa shape index (κ1) is 23.1. The van der Waals surface area contributed by atoms with Crippen LogP contribution in [0.25, 0.3) is 0 Å². The first-order chi connectivity index (χ1) is 13.1. The molecule has 1 unspecified atom stereocenters. The van der Waals surface area contributed by atoms with Crippen LogP contribution in [0.3, 0.4) is 0 Å². The molecule has 0 radical (unpaired) electrons. The summed E-state index contributed by atoms with van der Waals surface area (Å²) in [5.41, 5.74) is 0.988. The predicted octanol–water partition coefficient (Wildman–Crippen LogP) is 2.47. The standard InChI is InChI=1S/C20H31N3O3S.ClH/c24-20(22-18-6-5-13-21-16-18)12-9-17-7-10-19(11-8-17)27(25,26)23-14-3-1-2-4-15-23;/h7-8,10-11,18,21H,1-6,9,12-16H2,(H,22,24);1H. The van der Waals surface area contributed by atoms with E-state index in [-0.39, 0.29) is 24.4 Å². The Labute approximate surface area is 174 Å². The number of nitrogens with zero attached hydrogens (tertiary/aromatic N) is 1. The number of sulfonamides is 1. The molecule has 2 N–H and O–H groups in total. The largest absolute Gasteiger partial charge is 0.352 e. The quantitative estimate of drug-likeness (QED) is 0.728. The predicted molar refractivity (Wildman–Crippen MR) is 113 cm³/mol. The molecule has 1 aromatic rings. The van der Waals surface area contributed by atoms with Crippen molar-refractivity contribution in [1.29, 1.82) is 0 Å². The SMILES string of the molecule is Cl.O=C(CCc1ccc(S(=O)(=O)N2CCCCCC2)cc1)NC1CCCNC1. The molecule has 158 valence electrons. The van der Waals surface area contributed by atoms with Gasteiger partial charge in [-0.15, -0.1) is 12.4 Å². The number of carbonyl (C=O) groups excluding carboxylic acids is 1. The van der Waals surface area contributed by atoms with Gasteiger partial charge >= 0.3 is 0 Å². The van der Waals surface area contributed by atoms with Crippen LogP contribution in [0.4, 0.5) is 0 Å². The van der Waals surface area contributed by atoms with E-state index in [1.165, 1.54) is 0 Å². The van der Waals surface area contributed by atoms with Crippen LogP contribution in [0.1, 0.15) is 50.5 Å². The Balaban J connectivity index is 0.00000280. The summed E-state index contributed by atoms with van der Waals surface area (Å²) in [4.78, 5) is 12.5. The highest BCUT2D eigenvalue weighted by Crippen LogP contribution is 2.21. The molecule has 0 aliphatic carbocycles. The van der Waals surface area contributed by atoms with Crippen molar-refractivity contribution in [2.45, 2.75) is 62.3 Å². The molecule has 28 heavy (non-hydrogen) atoms.